The molecule has 4 nitrogen and oxygen atoms in total. The highest BCUT2D eigenvalue weighted by Gasteiger charge is 2.52. The summed E-state index contributed by atoms with van der Waals surface area (Å²) in [5.74, 6) is 0. The van der Waals surface area contributed by atoms with Gasteiger partial charge in [-0.15, -0.1) is 0 Å². The maximum Gasteiger partial charge on any atom is 0.257 e. The Morgan fingerprint density at radius 1 is 1.36 bits per heavy atom. The van der Waals surface area contributed by atoms with Crippen molar-refractivity contribution in [2.75, 3.05) is 13.3 Å². The Morgan fingerprint density at radius 3 is 2.14 bits per heavy atom. The van der Waals surface area contributed by atoms with Crippen LogP contribution in [-0.2, 0) is 18.6 Å². The average Bonchev–Trinajstić information content (AvgIpc) is 2.27. The lowest BCUT2D eigenvalue weighted by Gasteiger charge is -2.29. The van der Waals surface area contributed by atoms with Gasteiger partial charge in [0.1, 0.15) is 0 Å². The fourth-order valence-electron chi connectivity index (χ4n) is 1.46. The van der Waals surface area contributed by atoms with Crippen molar-refractivity contribution in [3.8, 4) is 0 Å². The van der Waals surface area contributed by atoms with E-state index in [4.69, 9.17) is 14.0 Å². The molecule has 0 aromatic rings. The van der Waals surface area contributed by atoms with Crippen molar-refractivity contribution >= 4 is 7.37 Å². The first-order valence-electron chi connectivity index (χ1n) is 4.90. The zero-order valence-electron chi connectivity index (χ0n) is 9.44. The van der Waals surface area contributed by atoms with Gasteiger partial charge in [-0.05, 0) is 27.7 Å². The van der Waals surface area contributed by atoms with Crippen LogP contribution in [0, 0.1) is 0 Å². The van der Waals surface area contributed by atoms with Crippen LogP contribution >= 0.6 is 7.37 Å². The molecule has 84 valence electrons. The van der Waals surface area contributed by atoms with Gasteiger partial charge >= 0.3 is 0 Å². The normalized spacial score (nSPS) is 42.4. The van der Waals surface area contributed by atoms with Gasteiger partial charge in [-0.2, -0.15) is 0 Å². The van der Waals surface area contributed by atoms with Gasteiger partial charge in [-0.1, -0.05) is 0 Å². The van der Waals surface area contributed by atoms with Crippen LogP contribution in [0.25, 0.3) is 0 Å². The number of hydrogen-bond acceptors (Lipinski definition) is 4. The first-order chi connectivity index (χ1) is 6.32. The van der Waals surface area contributed by atoms with Crippen LogP contribution in [0.3, 0.4) is 0 Å². The second-order valence-corrected chi connectivity index (χ2v) is 6.57. The van der Waals surface area contributed by atoms with Crippen LogP contribution in [0.15, 0.2) is 0 Å². The smallest absolute Gasteiger partial charge is 0.257 e. The van der Waals surface area contributed by atoms with E-state index in [1.165, 1.54) is 0 Å². The molecule has 0 aromatic heterocycles. The summed E-state index contributed by atoms with van der Waals surface area (Å²) in [7, 11) is -2.87. The van der Waals surface area contributed by atoms with Gasteiger partial charge in [0.05, 0.1) is 18.8 Å². The van der Waals surface area contributed by atoms with Crippen molar-refractivity contribution in [2.45, 2.75) is 45.4 Å². The fourth-order valence-corrected chi connectivity index (χ4v) is 2.91. The van der Waals surface area contributed by atoms with Crippen molar-refractivity contribution in [1.82, 2.24) is 0 Å². The third kappa shape index (κ3) is 2.03. The molecular weight excluding hydrogens is 203 g/mol. The van der Waals surface area contributed by atoms with E-state index in [9.17, 15) is 4.57 Å². The summed E-state index contributed by atoms with van der Waals surface area (Å²) in [6.07, 6.45) is -0.0949. The zero-order chi connectivity index (χ0) is 11.0. The van der Waals surface area contributed by atoms with E-state index >= 15 is 0 Å². The van der Waals surface area contributed by atoms with E-state index in [0.717, 1.165) is 0 Å². The van der Waals surface area contributed by atoms with Gasteiger partial charge in [0.15, 0.2) is 0 Å². The highest BCUT2D eigenvalue weighted by atomic mass is 31.2. The molecule has 3 atom stereocenters. The van der Waals surface area contributed by atoms with E-state index in [0.29, 0.717) is 6.61 Å². The van der Waals surface area contributed by atoms with E-state index in [1.807, 2.05) is 13.8 Å². The van der Waals surface area contributed by atoms with Crippen LogP contribution in [0.2, 0.25) is 0 Å². The van der Waals surface area contributed by atoms with Crippen LogP contribution in [-0.4, -0.2) is 31.0 Å². The van der Waals surface area contributed by atoms with Gasteiger partial charge in [0, 0.05) is 6.66 Å². The maximum atomic E-state index is 12.2. The first kappa shape index (κ1) is 12.2. The van der Waals surface area contributed by atoms with Crippen LogP contribution in [0.4, 0.5) is 0 Å². The Labute approximate surface area is 85.4 Å². The molecule has 1 fully saturated rings. The molecule has 14 heavy (non-hydrogen) atoms. The molecule has 0 radical (unpaired) electrons. The molecule has 1 rings (SSSR count). The Balaban J connectivity index is 2.81. The summed E-state index contributed by atoms with van der Waals surface area (Å²) in [5.41, 5.74) is -1.08. The molecule has 3 unspecified atom stereocenters. The molecule has 0 N–H and O–H groups in total. The Morgan fingerprint density at radius 2 is 1.79 bits per heavy atom. The van der Waals surface area contributed by atoms with Crippen molar-refractivity contribution in [3.63, 3.8) is 0 Å². The lowest BCUT2D eigenvalue weighted by molar-refractivity contribution is -0.0986. The Hall–Kier alpha value is 0.110. The zero-order valence-corrected chi connectivity index (χ0v) is 10.3. The second kappa shape index (κ2) is 3.93. The molecule has 1 aliphatic rings. The van der Waals surface area contributed by atoms with E-state index in [2.05, 4.69) is 0 Å². The predicted molar refractivity (Wildman–Crippen MR) is 54.7 cm³/mol. The van der Waals surface area contributed by atoms with E-state index in [-0.39, 0.29) is 12.2 Å². The molecule has 0 saturated carbocycles. The molecule has 1 saturated heterocycles. The van der Waals surface area contributed by atoms with Crippen LogP contribution < -0.4 is 0 Å². The van der Waals surface area contributed by atoms with Gasteiger partial charge in [-0.3, -0.25) is 4.57 Å². The average molecular weight is 222 g/mol. The Kier molecular flexibility index (Phi) is 3.42. The highest BCUT2D eigenvalue weighted by Crippen LogP contribution is 2.60. The lowest BCUT2D eigenvalue weighted by atomic mass is 10.3. The monoisotopic (exact) mass is 222 g/mol. The molecule has 5 heteroatoms. The molecule has 0 spiro atoms. The topological polar surface area (TPSA) is 44.8 Å². The third-order valence-electron chi connectivity index (χ3n) is 2.58. The number of hydrogen-bond donors (Lipinski definition) is 0. The molecule has 1 heterocycles. The predicted octanol–water partition coefficient (Wildman–Crippen LogP) is 2.43. The van der Waals surface area contributed by atoms with Gasteiger partial charge in [-0.25, -0.2) is 0 Å². The first-order valence-corrected chi connectivity index (χ1v) is 6.97. The highest BCUT2D eigenvalue weighted by molar-refractivity contribution is 7.59. The van der Waals surface area contributed by atoms with E-state index < -0.39 is 12.9 Å². The van der Waals surface area contributed by atoms with Crippen LogP contribution in [0.5, 0.6) is 0 Å². The van der Waals surface area contributed by atoms with Crippen molar-refractivity contribution in [1.29, 1.82) is 0 Å². The SMILES string of the molecule is CCOP(C)(=O)C1(C)OC(C)C(C)O1. The standard InChI is InChI=1S/C9H19O4P/c1-6-11-14(5,10)9(4)12-7(2)8(3)13-9/h7-8H,6H2,1-5H3. The van der Waals surface area contributed by atoms with Gasteiger partial charge in [0.2, 0.25) is 5.53 Å². The second-order valence-electron chi connectivity index (χ2n) is 3.81. The molecule has 0 aliphatic carbocycles. The van der Waals surface area contributed by atoms with Gasteiger partial charge in [0.25, 0.3) is 7.37 Å². The van der Waals surface area contributed by atoms with E-state index in [1.54, 1.807) is 20.5 Å². The quantitative estimate of drug-likeness (QED) is 0.688. The summed E-state index contributed by atoms with van der Waals surface area (Å²) >= 11 is 0. The van der Waals surface area contributed by atoms with Crippen LogP contribution in [0.1, 0.15) is 27.7 Å². The molecule has 0 aromatic carbocycles. The molecule has 0 amide bonds. The minimum Gasteiger partial charge on any atom is -0.336 e. The Bertz CT molecular complexity index is 243. The summed E-state index contributed by atoms with van der Waals surface area (Å²) in [4.78, 5) is 0. The summed E-state index contributed by atoms with van der Waals surface area (Å²) in [6, 6.07) is 0. The fraction of sp³-hybridized carbons (Fsp3) is 1.00. The number of rotatable bonds is 3. The molecule has 0 bridgehead atoms. The minimum absolute atomic E-state index is 0.0475. The molecular formula is C9H19O4P. The number of ether oxygens (including phenoxy) is 2. The largest absolute Gasteiger partial charge is 0.336 e. The van der Waals surface area contributed by atoms with Crippen molar-refractivity contribution < 1.29 is 18.6 Å². The molecule has 1 aliphatic heterocycles. The van der Waals surface area contributed by atoms with Crippen molar-refractivity contribution in [2.24, 2.45) is 0 Å². The minimum atomic E-state index is -2.87. The van der Waals surface area contributed by atoms with Crippen molar-refractivity contribution in [3.05, 3.63) is 0 Å². The lowest BCUT2D eigenvalue weighted by Crippen LogP contribution is -2.27. The van der Waals surface area contributed by atoms with Gasteiger partial charge < -0.3 is 14.0 Å². The summed E-state index contributed by atoms with van der Waals surface area (Å²) in [5, 5.41) is 0. The summed E-state index contributed by atoms with van der Waals surface area (Å²) in [6.45, 7) is 9.26. The maximum absolute atomic E-state index is 12.2. The summed E-state index contributed by atoms with van der Waals surface area (Å²) < 4.78 is 28.5. The third-order valence-corrected chi connectivity index (χ3v) is 5.02.